The Morgan fingerprint density at radius 3 is 2.68 bits per heavy atom. The van der Waals surface area contributed by atoms with Crippen molar-refractivity contribution in [3.8, 4) is 0 Å². The molecule has 2 unspecified atom stereocenters. The first kappa shape index (κ1) is 13.9. The van der Waals surface area contributed by atoms with Gasteiger partial charge in [-0.15, -0.1) is 0 Å². The predicted octanol–water partition coefficient (Wildman–Crippen LogP) is 3.25. The molecule has 0 saturated carbocycles. The van der Waals surface area contributed by atoms with Crippen molar-refractivity contribution in [1.82, 2.24) is 0 Å². The van der Waals surface area contributed by atoms with Gasteiger partial charge in [-0.2, -0.15) is 0 Å². The van der Waals surface area contributed by atoms with Crippen LogP contribution >= 0.6 is 0 Å². The van der Waals surface area contributed by atoms with Gasteiger partial charge >= 0.3 is 5.97 Å². The van der Waals surface area contributed by atoms with Crippen LogP contribution in [0.5, 0.6) is 0 Å². The third kappa shape index (κ3) is 2.60. The molecule has 3 nitrogen and oxygen atoms in total. The Hall–Kier alpha value is -1.51. The maximum Gasteiger partial charge on any atom is 0.306 e. The Morgan fingerprint density at radius 2 is 2.11 bits per heavy atom. The fraction of sp³-hybridized carbons (Fsp3) is 0.562. The highest BCUT2D eigenvalue weighted by Crippen LogP contribution is 2.37. The lowest BCUT2D eigenvalue weighted by atomic mass is 9.97. The number of rotatable bonds is 4. The highest BCUT2D eigenvalue weighted by Gasteiger charge is 2.33. The van der Waals surface area contributed by atoms with Gasteiger partial charge in [0.25, 0.3) is 0 Å². The molecule has 0 aromatic heterocycles. The maximum absolute atomic E-state index is 11.1. The van der Waals surface area contributed by atoms with Gasteiger partial charge in [-0.1, -0.05) is 19.1 Å². The van der Waals surface area contributed by atoms with Crippen LogP contribution in [0.3, 0.4) is 0 Å². The van der Waals surface area contributed by atoms with Crippen molar-refractivity contribution in [3.63, 3.8) is 0 Å². The molecule has 19 heavy (non-hydrogen) atoms. The number of anilines is 1. The summed E-state index contributed by atoms with van der Waals surface area (Å²) in [5.41, 5.74) is 3.99. The molecule has 1 heterocycles. The molecule has 1 aromatic carbocycles. The van der Waals surface area contributed by atoms with Gasteiger partial charge in [0.05, 0.1) is 5.92 Å². The lowest BCUT2D eigenvalue weighted by Gasteiger charge is -2.32. The number of hydrogen-bond donors (Lipinski definition) is 1. The number of aryl methyl sites for hydroxylation is 1. The molecule has 0 spiro atoms. The Bertz CT molecular complexity index is 482. The standard InChI is InChI=1S/C16H23NO2/c1-10(2)17-13(8-12(4)16(18)19)9-14-11(3)6-5-7-15(14)17/h5-7,10,12-13H,8-9H2,1-4H3,(H,18,19). The molecule has 1 N–H and O–H groups in total. The van der Waals surface area contributed by atoms with E-state index in [-0.39, 0.29) is 5.92 Å². The van der Waals surface area contributed by atoms with Crippen molar-refractivity contribution in [3.05, 3.63) is 29.3 Å². The summed E-state index contributed by atoms with van der Waals surface area (Å²) in [4.78, 5) is 13.5. The van der Waals surface area contributed by atoms with E-state index in [1.165, 1.54) is 16.8 Å². The number of aliphatic carboxylic acids is 1. The molecule has 0 fully saturated rings. The van der Waals surface area contributed by atoms with Crippen LogP contribution < -0.4 is 4.90 Å². The van der Waals surface area contributed by atoms with E-state index in [4.69, 9.17) is 5.11 Å². The first-order valence-electron chi connectivity index (χ1n) is 7.01. The van der Waals surface area contributed by atoms with Crippen LogP contribution in [-0.2, 0) is 11.2 Å². The van der Waals surface area contributed by atoms with Crippen LogP contribution in [-0.4, -0.2) is 23.2 Å². The zero-order valence-electron chi connectivity index (χ0n) is 12.2. The number of nitrogens with zero attached hydrogens (tertiary/aromatic N) is 1. The smallest absolute Gasteiger partial charge is 0.306 e. The SMILES string of the molecule is Cc1cccc2c1CC(CC(C)C(=O)O)N2C(C)C. The van der Waals surface area contributed by atoms with Crippen molar-refractivity contribution in [2.75, 3.05) is 4.90 Å². The lowest BCUT2D eigenvalue weighted by Crippen LogP contribution is -2.39. The van der Waals surface area contributed by atoms with Gasteiger partial charge in [0, 0.05) is 17.8 Å². The molecule has 2 rings (SSSR count). The Labute approximate surface area is 115 Å². The minimum Gasteiger partial charge on any atom is -0.481 e. The van der Waals surface area contributed by atoms with E-state index in [2.05, 4.69) is 43.9 Å². The van der Waals surface area contributed by atoms with Gasteiger partial charge in [0.1, 0.15) is 0 Å². The summed E-state index contributed by atoms with van der Waals surface area (Å²) in [5, 5.41) is 9.12. The van der Waals surface area contributed by atoms with Gasteiger partial charge in [-0.3, -0.25) is 4.79 Å². The number of carboxylic acid groups (broad SMARTS) is 1. The zero-order chi connectivity index (χ0) is 14.2. The van der Waals surface area contributed by atoms with Crippen LogP contribution in [0.1, 0.15) is 38.3 Å². The molecule has 0 saturated heterocycles. The van der Waals surface area contributed by atoms with Gasteiger partial charge < -0.3 is 10.0 Å². The van der Waals surface area contributed by atoms with Crippen molar-refractivity contribution in [2.45, 2.75) is 52.6 Å². The topological polar surface area (TPSA) is 40.5 Å². The van der Waals surface area contributed by atoms with Crippen LogP contribution in [0.15, 0.2) is 18.2 Å². The Morgan fingerprint density at radius 1 is 1.42 bits per heavy atom. The minimum atomic E-state index is -0.698. The highest BCUT2D eigenvalue weighted by atomic mass is 16.4. The monoisotopic (exact) mass is 261 g/mol. The van der Waals surface area contributed by atoms with E-state index in [0.717, 1.165) is 6.42 Å². The van der Waals surface area contributed by atoms with Crippen molar-refractivity contribution in [2.24, 2.45) is 5.92 Å². The molecule has 1 aliphatic heterocycles. The number of carbonyl (C=O) groups is 1. The zero-order valence-corrected chi connectivity index (χ0v) is 12.2. The van der Waals surface area contributed by atoms with E-state index in [9.17, 15) is 4.79 Å². The van der Waals surface area contributed by atoms with Crippen molar-refractivity contribution in [1.29, 1.82) is 0 Å². The molecule has 1 aromatic rings. The van der Waals surface area contributed by atoms with E-state index >= 15 is 0 Å². The maximum atomic E-state index is 11.1. The van der Waals surface area contributed by atoms with Crippen molar-refractivity contribution >= 4 is 11.7 Å². The fourth-order valence-electron chi connectivity index (χ4n) is 3.13. The van der Waals surface area contributed by atoms with E-state index in [1.54, 1.807) is 6.92 Å². The fourth-order valence-corrected chi connectivity index (χ4v) is 3.13. The third-order valence-corrected chi connectivity index (χ3v) is 4.10. The highest BCUT2D eigenvalue weighted by molar-refractivity contribution is 5.70. The van der Waals surface area contributed by atoms with E-state index < -0.39 is 5.97 Å². The molecule has 0 bridgehead atoms. The van der Waals surface area contributed by atoms with Gasteiger partial charge in [-0.05, 0) is 50.8 Å². The molecule has 2 atom stereocenters. The molecular weight excluding hydrogens is 238 g/mol. The number of benzene rings is 1. The molecule has 0 amide bonds. The molecule has 1 aliphatic rings. The first-order chi connectivity index (χ1) is 8.91. The number of fused-ring (bicyclic) bond motifs is 1. The third-order valence-electron chi connectivity index (χ3n) is 4.10. The Kier molecular flexibility index (Phi) is 3.83. The summed E-state index contributed by atoms with van der Waals surface area (Å²) >= 11 is 0. The van der Waals surface area contributed by atoms with Gasteiger partial charge in [0.2, 0.25) is 0 Å². The quantitative estimate of drug-likeness (QED) is 0.904. The van der Waals surface area contributed by atoms with Crippen LogP contribution in [0.25, 0.3) is 0 Å². The molecule has 0 aliphatic carbocycles. The summed E-state index contributed by atoms with van der Waals surface area (Å²) in [6, 6.07) is 7.09. The second-order valence-corrected chi connectivity index (χ2v) is 5.91. The Balaban J connectivity index is 2.28. The van der Waals surface area contributed by atoms with Gasteiger partial charge in [0.15, 0.2) is 0 Å². The van der Waals surface area contributed by atoms with Crippen molar-refractivity contribution < 1.29 is 9.90 Å². The van der Waals surface area contributed by atoms with Crippen LogP contribution in [0, 0.1) is 12.8 Å². The van der Waals surface area contributed by atoms with Gasteiger partial charge in [-0.25, -0.2) is 0 Å². The molecular formula is C16H23NO2. The van der Waals surface area contributed by atoms with Crippen LogP contribution in [0.4, 0.5) is 5.69 Å². The summed E-state index contributed by atoms with van der Waals surface area (Å²) in [6.45, 7) is 8.29. The van der Waals surface area contributed by atoms with E-state index in [1.807, 2.05) is 0 Å². The normalized spacial score (nSPS) is 19.6. The first-order valence-corrected chi connectivity index (χ1v) is 7.01. The average Bonchev–Trinajstić information content (AvgIpc) is 2.68. The lowest BCUT2D eigenvalue weighted by molar-refractivity contribution is -0.141. The molecule has 3 heteroatoms. The summed E-state index contributed by atoms with van der Waals surface area (Å²) < 4.78 is 0. The number of carboxylic acids is 1. The summed E-state index contributed by atoms with van der Waals surface area (Å²) in [5.74, 6) is -0.989. The summed E-state index contributed by atoms with van der Waals surface area (Å²) in [7, 11) is 0. The summed E-state index contributed by atoms with van der Waals surface area (Å²) in [6.07, 6.45) is 1.68. The second-order valence-electron chi connectivity index (χ2n) is 5.91. The van der Waals surface area contributed by atoms with E-state index in [0.29, 0.717) is 18.5 Å². The average molecular weight is 261 g/mol. The number of hydrogen-bond acceptors (Lipinski definition) is 2. The second kappa shape index (κ2) is 5.24. The predicted molar refractivity (Wildman–Crippen MR) is 77.7 cm³/mol. The molecule has 0 radical (unpaired) electrons. The minimum absolute atomic E-state index is 0.291. The molecule has 104 valence electrons. The van der Waals surface area contributed by atoms with Crippen LogP contribution in [0.2, 0.25) is 0 Å². The largest absolute Gasteiger partial charge is 0.481 e.